The number of carbonyl (C=O) groups excluding carboxylic acids is 2. The van der Waals surface area contributed by atoms with E-state index in [0.717, 1.165) is 15.0 Å². The molecule has 1 amide bonds. The van der Waals surface area contributed by atoms with Gasteiger partial charge in [0.15, 0.2) is 6.10 Å². The zero-order valence-electron chi connectivity index (χ0n) is 10.6. The molecule has 0 saturated heterocycles. The number of hydrogen-bond acceptors (Lipinski definition) is 4. The molecule has 2 aromatic rings. The topological polar surface area (TPSA) is 69.4 Å². The molecular weight excluding hydrogens is 298 g/mol. The molecule has 1 aromatic heterocycles. The second-order valence-corrected chi connectivity index (χ2v) is 5.55. The lowest BCUT2D eigenvalue weighted by Gasteiger charge is -2.06. The van der Waals surface area contributed by atoms with Crippen LogP contribution in [-0.2, 0) is 14.3 Å². The van der Waals surface area contributed by atoms with E-state index in [1.54, 1.807) is 6.08 Å². The molecule has 0 spiro atoms. The second kappa shape index (κ2) is 6.07. The maximum absolute atomic E-state index is 11.5. The molecule has 0 aliphatic carbocycles. The summed E-state index contributed by atoms with van der Waals surface area (Å²) in [6, 6.07) is 7.69. The van der Waals surface area contributed by atoms with Crippen molar-refractivity contribution < 1.29 is 14.3 Å². The standard InChI is InChI=1S/C14H12ClNO3S/c1-8(14(16)18)19-12(17)7-6-11-13(15)9-4-2-3-5-10(9)20-11/h2-8H,1H3,(H2,16,18)/b7-6+/t8-/m1/s1. The summed E-state index contributed by atoms with van der Waals surface area (Å²) in [5.41, 5.74) is 5.01. The predicted octanol–water partition coefficient (Wildman–Crippen LogP) is 2.98. The highest BCUT2D eigenvalue weighted by atomic mass is 35.5. The summed E-state index contributed by atoms with van der Waals surface area (Å²) in [7, 11) is 0. The Morgan fingerprint density at radius 1 is 1.40 bits per heavy atom. The Morgan fingerprint density at radius 3 is 2.75 bits per heavy atom. The van der Waals surface area contributed by atoms with Crippen LogP contribution < -0.4 is 5.73 Å². The highest BCUT2D eigenvalue weighted by Gasteiger charge is 2.13. The molecule has 0 bridgehead atoms. The van der Waals surface area contributed by atoms with Gasteiger partial charge in [-0.15, -0.1) is 11.3 Å². The molecule has 4 nitrogen and oxygen atoms in total. The molecule has 0 aliphatic heterocycles. The van der Waals surface area contributed by atoms with Crippen LogP contribution in [0.5, 0.6) is 0 Å². The van der Waals surface area contributed by atoms with E-state index in [2.05, 4.69) is 0 Å². The van der Waals surface area contributed by atoms with Gasteiger partial charge in [-0.1, -0.05) is 29.8 Å². The number of esters is 1. The van der Waals surface area contributed by atoms with Gasteiger partial charge in [0.2, 0.25) is 0 Å². The van der Waals surface area contributed by atoms with Gasteiger partial charge < -0.3 is 10.5 Å². The van der Waals surface area contributed by atoms with Crippen LogP contribution in [0.4, 0.5) is 0 Å². The monoisotopic (exact) mass is 309 g/mol. The van der Waals surface area contributed by atoms with E-state index in [9.17, 15) is 9.59 Å². The fourth-order valence-corrected chi connectivity index (χ4v) is 2.95. The molecule has 0 fully saturated rings. The third-order valence-electron chi connectivity index (χ3n) is 2.62. The van der Waals surface area contributed by atoms with Gasteiger partial charge in [-0.25, -0.2) is 4.79 Å². The SMILES string of the molecule is C[C@@H](OC(=O)/C=C/c1sc2ccccc2c1Cl)C(N)=O. The van der Waals surface area contributed by atoms with Crippen LogP contribution in [0.15, 0.2) is 30.3 Å². The zero-order chi connectivity index (χ0) is 14.7. The fraction of sp³-hybridized carbons (Fsp3) is 0.143. The maximum atomic E-state index is 11.5. The number of thiophene rings is 1. The minimum atomic E-state index is -0.954. The molecule has 20 heavy (non-hydrogen) atoms. The highest BCUT2D eigenvalue weighted by Crippen LogP contribution is 2.35. The summed E-state index contributed by atoms with van der Waals surface area (Å²) in [6.45, 7) is 1.42. The van der Waals surface area contributed by atoms with Crippen molar-refractivity contribution in [3.63, 3.8) is 0 Å². The lowest BCUT2D eigenvalue weighted by atomic mass is 10.2. The van der Waals surface area contributed by atoms with Gasteiger partial charge in [0.1, 0.15) is 0 Å². The van der Waals surface area contributed by atoms with Gasteiger partial charge in [-0.3, -0.25) is 4.79 Å². The first-order chi connectivity index (χ1) is 9.49. The van der Waals surface area contributed by atoms with Crippen LogP contribution in [0.2, 0.25) is 5.02 Å². The molecule has 1 aromatic carbocycles. The molecule has 1 atom stereocenters. The second-order valence-electron chi connectivity index (χ2n) is 4.09. The number of hydrogen-bond donors (Lipinski definition) is 1. The molecule has 104 valence electrons. The first-order valence-corrected chi connectivity index (χ1v) is 7.03. The predicted molar refractivity (Wildman–Crippen MR) is 80.6 cm³/mol. The van der Waals surface area contributed by atoms with Crippen LogP contribution in [0.3, 0.4) is 0 Å². The van der Waals surface area contributed by atoms with E-state index in [0.29, 0.717) is 5.02 Å². The van der Waals surface area contributed by atoms with Crippen molar-refractivity contribution in [3.8, 4) is 0 Å². The largest absolute Gasteiger partial charge is 0.449 e. The average Bonchev–Trinajstić information content (AvgIpc) is 2.73. The summed E-state index contributed by atoms with van der Waals surface area (Å²) in [5, 5.41) is 1.54. The normalized spacial score (nSPS) is 12.7. The van der Waals surface area contributed by atoms with Crippen LogP contribution in [0, 0.1) is 0 Å². The van der Waals surface area contributed by atoms with Crippen LogP contribution in [0.25, 0.3) is 16.2 Å². The van der Waals surface area contributed by atoms with Crippen molar-refractivity contribution in [3.05, 3.63) is 40.2 Å². The Bertz CT molecular complexity index is 693. The van der Waals surface area contributed by atoms with Crippen LogP contribution in [-0.4, -0.2) is 18.0 Å². The summed E-state index contributed by atoms with van der Waals surface area (Å²) in [4.78, 5) is 23.0. The lowest BCUT2D eigenvalue weighted by molar-refractivity contribution is -0.148. The number of fused-ring (bicyclic) bond motifs is 1. The fourth-order valence-electron chi connectivity index (χ4n) is 1.56. The Morgan fingerprint density at radius 2 is 2.10 bits per heavy atom. The van der Waals surface area contributed by atoms with Gasteiger partial charge in [0.25, 0.3) is 5.91 Å². The van der Waals surface area contributed by atoms with Crippen molar-refractivity contribution >= 4 is 51.0 Å². The number of amides is 1. The number of carbonyl (C=O) groups is 2. The van der Waals surface area contributed by atoms with Crippen LogP contribution in [0.1, 0.15) is 11.8 Å². The van der Waals surface area contributed by atoms with Gasteiger partial charge in [-0.05, 0) is 19.1 Å². The molecule has 2 N–H and O–H groups in total. The maximum Gasteiger partial charge on any atom is 0.331 e. The molecule has 6 heteroatoms. The molecule has 0 aliphatic rings. The Labute approximate surface area is 124 Å². The van der Waals surface area contributed by atoms with Crippen molar-refractivity contribution in [2.24, 2.45) is 5.73 Å². The Kier molecular flexibility index (Phi) is 4.42. The number of nitrogens with two attached hydrogens (primary N) is 1. The van der Waals surface area contributed by atoms with Crippen molar-refractivity contribution in [1.82, 2.24) is 0 Å². The van der Waals surface area contributed by atoms with Crippen molar-refractivity contribution in [1.29, 1.82) is 0 Å². The van der Waals surface area contributed by atoms with Gasteiger partial charge >= 0.3 is 5.97 Å². The van der Waals surface area contributed by atoms with Gasteiger partial charge in [-0.2, -0.15) is 0 Å². The molecule has 0 unspecified atom stereocenters. The summed E-state index contributed by atoms with van der Waals surface area (Å²) in [5.74, 6) is -1.32. The van der Waals surface area contributed by atoms with Crippen molar-refractivity contribution in [2.75, 3.05) is 0 Å². The minimum Gasteiger partial charge on any atom is -0.449 e. The smallest absolute Gasteiger partial charge is 0.331 e. The van der Waals surface area contributed by atoms with E-state index in [4.69, 9.17) is 22.1 Å². The third-order valence-corrected chi connectivity index (χ3v) is 4.28. The lowest BCUT2D eigenvalue weighted by Crippen LogP contribution is -2.29. The van der Waals surface area contributed by atoms with Gasteiger partial charge in [0.05, 0.1) is 5.02 Å². The molecule has 0 radical (unpaired) electrons. The number of ether oxygens (including phenoxy) is 1. The molecule has 2 rings (SSSR count). The van der Waals surface area contributed by atoms with Gasteiger partial charge in [0, 0.05) is 21.0 Å². The number of benzene rings is 1. The summed E-state index contributed by atoms with van der Waals surface area (Å²) in [6.07, 6.45) is 1.85. The highest BCUT2D eigenvalue weighted by molar-refractivity contribution is 7.20. The van der Waals surface area contributed by atoms with E-state index in [1.807, 2.05) is 24.3 Å². The van der Waals surface area contributed by atoms with E-state index in [-0.39, 0.29) is 0 Å². The number of primary amides is 1. The average molecular weight is 310 g/mol. The third kappa shape index (κ3) is 3.18. The summed E-state index contributed by atoms with van der Waals surface area (Å²) < 4.78 is 5.85. The van der Waals surface area contributed by atoms with E-state index >= 15 is 0 Å². The first kappa shape index (κ1) is 14.6. The minimum absolute atomic E-state index is 0.595. The number of rotatable bonds is 4. The Balaban J connectivity index is 2.15. The van der Waals surface area contributed by atoms with Crippen LogP contribution >= 0.6 is 22.9 Å². The zero-order valence-corrected chi connectivity index (χ0v) is 12.2. The quantitative estimate of drug-likeness (QED) is 0.697. The van der Waals surface area contributed by atoms with Crippen molar-refractivity contribution in [2.45, 2.75) is 13.0 Å². The molecule has 1 heterocycles. The summed E-state index contributed by atoms with van der Waals surface area (Å²) >= 11 is 7.70. The first-order valence-electron chi connectivity index (χ1n) is 5.84. The van der Waals surface area contributed by atoms with E-state index in [1.165, 1.54) is 24.3 Å². The number of halogens is 1. The van der Waals surface area contributed by atoms with E-state index < -0.39 is 18.0 Å². The molecule has 0 saturated carbocycles. The molecular formula is C14H12ClNO3S. The Hall–Kier alpha value is -1.85.